The summed E-state index contributed by atoms with van der Waals surface area (Å²) in [5.74, 6) is -0.307. The molecule has 158 valence electrons. The molecule has 2 aromatic rings. The zero-order valence-corrected chi connectivity index (χ0v) is 18.9. The second-order valence-corrected chi connectivity index (χ2v) is 10.5. The van der Waals surface area contributed by atoms with Crippen molar-refractivity contribution in [2.24, 2.45) is 5.92 Å². The minimum Gasteiger partial charge on any atom is -0.335 e. The lowest BCUT2D eigenvalue weighted by atomic mass is 9.90. The van der Waals surface area contributed by atoms with E-state index in [0.29, 0.717) is 30.4 Å². The van der Waals surface area contributed by atoms with Crippen molar-refractivity contribution >= 4 is 31.9 Å². The van der Waals surface area contributed by atoms with Crippen LogP contribution >= 0.6 is 15.9 Å². The van der Waals surface area contributed by atoms with Crippen LogP contribution in [-0.4, -0.2) is 47.1 Å². The van der Waals surface area contributed by atoms with E-state index in [4.69, 9.17) is 0 Å². The number of piperidine rings is 1. The standard InChI is InChI=1S/C22H24BrN3O3S/c1-2-16-14-25(15-18-8-3-4-12-24-18)22(27)21-11-6-10-20(16)26(21)30(28,29)19-9-5-7-17(23)13-19/h2-5,7-9,12-13,16,20-21H,1,6,10-11,14-15H2/t16-,20-,21+/m1/s1. The normalized spacial score (nSPS) is 25.0. The molecular formula is C22H24BrN3O3S. The number of aromatic nitrogens is 1. The molecule has 0 aliphatic carbocycles. The molecule has 0 saturated carbocycles. The molecule has 1 aromatic heterocycles. The lowest BCUT2D eigenvalue weighted by Gasteiger charge is -2.40. The van der Waals surface area contributed by atoms with Gasteiger partial charge in [-0.15, -0.1) is 6.58 Å². The van der Waals surface area contributed by atoms with Crippen molar-refractivity contribution < 1.29 is 13.2 Å². The highest BCUT2D eigenvalue weighted by Crippen LogP contribution is 2.38. The van der Waals surface area contributed by atoms with Gasteiger partial charge in [0.25, 0.3) is 0 Å². The molecule has 2 bridgehead atoms. The molecule has 2 fully saturated rings. The van der Waals surface area contributed by atoms with Gasteiger partial charge in [0.1, 0.15) is 6.04 Å². The highest BCUT2D eigenvalue weighted by molar-refractivity contribution is 9.10. The Kier molecular flexibility index (Phi) is 6.09. The van der Waals surface area contributed by atoms with Crippen molar-refractivity contribution in [3.63, 3.8) is 0 Å². The molecule has 2 aliphatic rings. The molecule has 1 aromatic carbocycles. The number of fused-ring (bicyclic) bond motifs is 2. The fraction of sp³-hybridized carbons (Fsp3) is 0.364. The van der Waals surface area contributed by atoms with Crippen molar-refractivity contribution in [1.29, 1.82) is 0 Å². The van der Waals surface area contributed by atoms with E-state index in [9.17, 15) is 13.2 Å². The third-order valence-electron chi connectivity index (χ3n) is 5.89. The monoisotopic (exact) mass is 489 g/mol. The second kappa shape index (κ2) is 8.61. The first-order valence-electron chi connectivity index (χ1n) is 10.0. The van der Waals surface area contributed by atoms with Crippen LogP contribution < -0.4 is 0 Å². The van der Waals surface area contributed by atoms with Gasteiger partial charge in [0.2, 0.25) is 15.9 Å². The summed E-state index contributed by atoms with van der Waals surface area (Å²) in [6, 6.07) is 11.3. The van der Waals surface area contributed by atoms with Crippen LogP contribution in [0.5, 0.6) is 0 Å². The molecule has 2 aliphatic heterocycles. The largest absolute Gasteiger partial charge is 0.335 e. The summed E-state index contributed by atoms with van der Waals surface area (Å²) in [4.78, 5) is 19.8. The topological polar surface area (TPSA) is 70.6 Å². The molecule has 4 rings (SSSR count). The highest BCUT2D eigenvalue weighted by Gasteiger charge is 2.49. The first-order chi connectivity index (χ1) is 14.4. The molecule has 0 unspecified atom stereocenters. The Hall–Kier alpha value is -2.03. The summed E-state index contributed by atoms with van der Waals surface area (Å²) in [5.41, 5.74) is 0.784. The fourth-order valence-electron chi connectivity index (χ4n) is 4.47. The Labute approximate surface area is 185 Å². The van der Waals surface area contributed by atoms with Gasteiger partial charge < -0.3 is 4.90 Å². The average molecular weight is 490 g/mol. The highest BCUT2D eigenvalue weighted by atomic mass is 79.9. The average Bonchev–Trinajstić information content (AvgIpc) is 2.82. The van der Waals surface area contributed by atoms with Crippen LogP contribution in [0.15, 0.2) is 70.7 Å². The van der Waals surface area contributed by atoms with Gasteiger partial charge in [0, 0.05) is 29.2 Å². The number of pyridine rings is 1. The number of nitrogens with zero attached hydrogens (tertiary/aromatic N) is 3. The van der Waals surface area contributed by atoms with Crippen molar-refractivity contribution in [2.45, 2.75) is 42.8 Å². The summed E-state index contributed by atoms with van der Waals surface area (Å²) in [6.07, 6.45) is 5.54. The van der Waals surface area contributed by atoms with Crippen LogP contribution in [0.2, 0.25) is 0 Å². The number of carbonyl (C=O) groups excluding carboxylic acids is 1. The van der Waals surface area contributed by atoms with Crippen LogP contribution in [0.4, 0.5) is 0 Å². The maximum absolute atomic E-state index is 13.7. The van der Waals surface area contributed by atoms with Crippen molar-refractivity contribution in [3.05, 3.63) is 71.5 Å². The zero-order valence-electron chi connectivity index (χ0n) is 16.5. The molecule has 30 heavy (non-hydrogen) atoms. The predicted octanol–water partition coefficient (Wildman–Crippen LogP) is 3.60. The molecule has 1 amide bonds. The van der Waals surface area contributed by atoms with E-state index in [1.807, 2.05) is 18.2 Å². The summed E-state index contributed by atoms with van der Waals surface area (Å²) >= 11 is 3.36. The molecule has 3 atom stereocenters. The predicted molar refractivity (Wildman–Crippen MR) is 118 cm³/mol. The maximum atomic E-state index is 13.7. The van der Waals surface area contributed by atoms with E-state index in [-0.39, 0.29) is 22.8 Å². The number of carbonyl (C=O) groups is 1. The number of amides is 1. The van der Waals surface area contributed by atoms with Crippen molar-refractivity contribution in [3.8, 4) is 0 Å². The summed E-state index contributed by atoms with van der Waals surface area (Å²) in [7, 11) is -3.85. The fourth-order valence-corrected chi connectivity index (χ4v) is 6.94. The van der Waals surface area contributed by atoms with E-state index in [1.165, 1.54) is 4.31 Å². The third kappa shape index (κ3) is 3.96. The minimum atomic E-state index is -3.85. The maximum Gasteiger partial charge on any atom is 0.244 e. The number of rotatable bonds is 5. The first kappa shape index (κ1) is 21.2. The number of benzene rings is 1. The summed E-state index contributed by atoms with van der Waals surface area (Å²) in [5, 5.41) is 0. The lowest BCUT2D eigenvalue weighted by molar-refractivity contribution is -0.135. The van der Waals surface area contributed by atoms with Crippen molar-refractivity contribution in [2.75, 3.05) is 6.54 Å². The Morgan fingerprint density at radius 2 is 2.03 bits per heavy atom. The smallest absolute Gasteiger partial charge is 0.244 e. The molecule has 3 heterocycles. The Morgan fingerprint density at radius 3 is 2.73 bits per heavy atom. The molecule has 0 radical (unpaired) electrons. The molecule has 0 N–H and O–H groups in total. The van der Waals surface area contributed by atoms with Crippen LogP contribution in [0, 0.1) is 5.92 Å². The van der Waals surface area contributed by atoms with Gasteiger partial charge in [-0.25, -0.2) is 8.42 Å². The van der Waals surface area contributed by atoms with Gasteiger partial charge in [-0.05, 0) is 49.6 Å². The Balaban J connectivity index is 1.75. The number of sulfonamides is 1. The summed E-state index contributed by atoms with van der Waals surface area (Å²) < 4.78 is 29.5. The van der Waals surface area contributed by atoms with Gasteiger partial charge in [0.15, 0.2) is 0 Å². The Morgan fingerprint density at radius 1 is 1.20 bits per heavy atom. The molecule has 6 nitrogen and oxygen atoms in total. The van der Waals surface area contributed by atoms with Gasteiger partial charge >= 0.3 is 0 Å². The van der Waals surface area contributed by atoms with Gasteiger partial charge in [-0.1, -0.05) is 34.1 Å². The number of hydrogen-bond donors (Lipinski definition) is 0. The van der Waals surface area contributed by atoms with E-state index in [1.54, 1.807) is 41.4 Å². The molecule has 2 saturated heterocycles. The quantitative estimate of drug-likeness (QED) is 0.601. The van der Waals surface area contributed by atoms with Crippen molar-refractivity contribution in [1.82, 2.24) is 14.2 Å². The van der Waals surface area contributed by atoms with Crippen LogP contribution in [0.3, 0.4) is 0 Å². The SMILES string of the molecule is C=C[C@@H]1CN(Cc2ccccn2)C(=O)[C@@H]2CCC[C@H]1N2S(=O)(=O)c1cccc(Br)c1. The number of halogens is 1. The second-order valence-electron chi connectivity index (χ2n) is 7.75. The van der Waals surface area contributed by atoms with Gasteiger partial charge in [0.05, 0.1) is 17.1 Å². The van der Waals surface area contributed by atoms with Gasteiger partial charge in [-0.2, -0.15) is 4.31 Å². The Bertz CT molecular complexity index is 1040. The minimum absolute atomic E-state index is 0.148. The number of hydrogen-bond acceptors (Lipinski definition) is 4. The molecular weight excluding hydrogens is 466 g/mol. The van der Waals surface area contributed by atoms with E-state index < -0.39 is 16.1 Å². The third-order valence-corrected chi connectivity index (χ3v) is 8.31. The van der Waals surface area contributed by atoms with Gasteiger partial charge in [-0.3, -0.25) is 9.78 Å². The zero-order chi connectivity index (χ0) is 21.3. The van der Waals surface area contributed by atoms with E-state index >= 15 is 0 Å². The van der Waals surface area contributed by atoms with E-state index in [2.05, 4.69) is 27.5 Å². The summed E-state index contributed by atoms with van der Waals surface area (Å²) in [6.45, 7) is 4.75. The van der Waals surface area contributed by atoms with Crippen LogP contribution in [0.1, 0.15) is 25.0 Å². The van der Waals surface area contributed by atoms with Crippen LogP contribution in [0.25, 0.3) is 0 Å². The lowest BCUT2D eigenvalue weighted by Crippen LogP contribution is -2.54. The molecule has 8 heteroatoms. The molecule has 0 spiro atoms. The van der Waals surface area contributed by atoms with E-state index in [0.717, 1.165) is 12.1 Å². The van der Waals surface area contributed by atoms with Crippen LogP contribution in [-0.2, 0) is 21.4 Å². The first-order valence-corrected chi connectivity index (χ1v) is 12.3.